The molecule has 1 saturated heterocycles. The Kier molecular flexibility index (Phi) is 5.06. The molecule has 1 aliphatic rings. The molecule has 0 amide bonds. The number of nitrogens with zero attached hydrogens (tertiary/aromatic N) is 3. The first kappa shape index (κ1) is 14.6. The van der Waals surface area contributed by atoms with E-state index in [1.54, 1.807) is 18.8 Å². The summed E-state index contributed by atoms with van der Waals surface area (Å²) in [6.07, 6.45) is 0.212. The van der Waals surface area contributed by atoms with Crippen LogP contribution in [-0.2, 0) is 11.8 Å². The Bertz CT molecular complexity index is 457. The van der Waals surface area contributed by atoms with Gasteiger partial charge in [0.25, 0.3) is 0 Å². The molecule has 1 aliphatic heterocycles. The Morgan fingerprint density at radius 2 is 2.37 bits per heavy atom. The van der Waals surface area contributed by atoms with E-state index in [0.717, 1.165) is 37.2 Å². The summed E-state index contributed by atoms with van der Waals surface area (Å²) in [6, 6.07) is 0. The molecule has 0 aliphatic carbocycles. The lowest BCUT2D eigenvalue weighted by Gasteiger charge is -2.33. The minimum Gasteiger partial charge on any atom is -0.375 e. The highest BCUT2D eigenvalue weighted by atomic mass is 32.2. The molecule has 6 nitrogen and oxygen atoms in total. The first-order chi connectivity index (χ1) is 9.06. The molecule has 108 valence electrons. The van der Waals surface area contributed by atoms with E-state index in [9.17, 15) is 4.79 Å². The van der Waals surface area contributed by atoms with Crippen molar-refractivity contribution in [1.29, 1.82) is 0 Å². The highest BCUT2D eigenvalue weighted by Crippen LogP contribution is 2.17. The van der Waals surface area contributed by atoms with Gasteiger partial charge in [-0.05, 0) is 5.92 Å². The van der Waals surface area contributed by atoms with Gasteiger partial charge in [0.05, 0.1) is 12.7 Å². The van der Waals surface area contributed by atoms with E-state index in [4.69, 9.17) is 4.74 Å². The molecule has 2 rings (SSSR count). The van der Waals surface area contributed by atoms with Crippen LogP contribution >= 0.6 is 11.8 Å². The summed E-state index contributed by atoms with van der Waals surface area (Å²) in [5, 5.41) is 7.15. The molecule has 0 spiro atoms. The third kappa shape index (κ3) is 4.09. The summed E-state index contributed by atoms with van der Waals surface area (Å²) in [7, 11) is 1.72. The lowest BCUT2D eigenvalue weighted by atomic mass is 10.2. The van der Waals surface area contributed by atoms with Crippen molar-refractivity contribution in [1.82, 2.24) is 19.7 Å². The Morgan fingerprint density at radius 3 is 3.00 bits per heavy atom. The largest absolute Gasteiger partial charge is 0.375 e. The third-order valence-electron chi connectivity index (χ3n) is 3.08. The summed E-state index contributed by atoms with van der Waals surface area (Å²) in [5.74, 6) is 1.51. The molecule has 0 saturated carbocycles. The van der Waals surface area contributed by atoms with Crippen molar-refractivity contribution in [3.63, 3.8) is 0 Å². The SMILES string of the molecule is CC(C)CN1CCO[C@@H](CSc2n[nH]c(=O)n2C)C1. The fraction of sp³-hybridized carbons (Fsp3) is 0.833. The highest BCUT2D eigenvalue weighted by Gasteiger charge is 2.21. The molecule has 0 radical (unpaired) electrons. The molecule has 0 aromatic carbocycles. The van der Waals surface area contributed by atoms with Gasteiger partial charge in [0.15, 0.2) is 5.16 Å². The lowest BCUT2D eigenvalue weighted by molar-refractivity contribution is -0.0191. The average Bonchev–Trinajstić information content (AvgIpc) is 2.67. The normalized spacial score (nSPS) is 21.2. The molecular formula is C12H22N4O2S. The predicted octanol–water partition coefficient (Wildman–Crippen LogP) is 0.557. The fourth-order valence-corrected chi connectivity index (χ4v) is 3.12. The molecular weight excluding hydrogens is 264 g/mol. The second-order valence-electron chi connectivity index (χ2n) is 5.33. The number of hydrogen-bond acceptors (Lipinski definition) is 5. The summed E-state index contributed by atoms with van der Waals surface area (Å²) < 4.78 is 7.30. The number of morpholine rings is 1. The zero-order valence-electron chi connectivity index (χ0n) is 11.8. The van der Waals surface area contributed by atoms with E-state index in [1.807, 2.05) is 0 Å². The number of aromatic nitrogens is 3. The molecule has 7 heteroatoms. The van der Waals surface area contributed by atoms with E-state index in [0.29, 0.717) is 5.92 Å². The van der Waals surface area contributed by atoms with Crippen LogP contribution in [0, 0.1) is 5.92 Å². The van der Waals surface area contributed by atoms with Gasteiger partial charge in [0.1, 0.15) is 0 Å². The van der Waals surface area contributed by atoms with Crippen LogP contribution < -0.4 is 5.69 Å². The Hall–Kier alpha value is -0.790. The minimum absolute atomic E-state index is 0.173. The molecule has 1 N–H and O–H groups in total. The van der Waals surface area contributed by atoms with Gasteiger partial charge in [0.2, 0.25) is 0 Å². The van der Waals surface area contributed by atoms with Crippen LogP contribution in [0.1, 0.15) is 13.8 Å². The van der Waals surface area contributed by atoms with E-state index >= 15 is 0 Å². The summed E-state index contributed by atoms with van der Waals surface area (Å²) >= 11 is 1.56. The van der Waals surface area contributed by atoms with Crippen LogP contribution in [-0.4, -0.2) is 57.8 Å². The molecule has 2 heterocycles. The number of H-pyrrole nitrogens is 1. The Morgan fingerprint density at radius 1 is 1.58 bits per heavy atom. The summed E-state index contributed by atoms with van der Waals surface area (Å²) in [6.45, 7) is 8.35. The first-order valence-electron chi connectivity index (χ1n) is 6.64. The van der Waals surface area contributed by atoms with Gasteiger partial charge >= 0.3 is 5.69 Å². The molecule has 0 unspecified atom stereocenters. The van der Waals surface area contributed by atoms with Crippen LogP contribution in [0.5, 0.6) is 0 Å². The molecule has 1 aromatic heterocycles. The van der Waals surface area contributed by atoms with Crippen LogP contribution in [0.3, 0.4) is 0 Å². The number of ether oxygens (including phenoxy) is 1. The van der Waals surface area contributed by atoms with Crippen molar-refractivity contribution in [3.8, 4) is 0 Å². The summed E-state index contributed by atoms with van der Waals surface area (Å²) in [4.78, 5) is 13.7. The van der Waals surface area contributed by atoms with Crippen LogP contribution in [0.15, 0.2) is 9.95 Å². The predicted molar refractivity (Wildman–Crippen MR) is 75.6 cm³/mol. The standard InChI is InChI=1S/C12H22N4O2S/c1-9(2)6-16-4-5-18-10(7-16)8-19-12-14-13-11(17)15(12)3/h9-10H,4-8H2,1-3H3,(H,13,17)/t10-/m1/s1. The number of rotatable bonds is 5. The van der Waals surface area contributed by atoms with E-state index < -0.39 is 0 Å². The van der Waals surface area contributed by atoms with Gasteiger partial charge in [-0.3, -0.25) is 9.47 Å². The van der Waals surface area contributed by atoms with Crippen molar-refractivity contribution in [3.05, 3.63) is 10.5 Å². The second kappa shape index (κ2) is 6.58. The van der Waals surface area contributed by atoms with E-state index in [2.05, 4.69) is 28.9 Å². The fourth-order valence-electron chi connectivity index (χ4n) is 2.19. The van der Waals surface area contributed by atoms with Crippen molar-refractivity contribution < 1.29 is 4.74 Å². The Labute approximate surface area is 117 Å². The maximum absolute atomic E-state index is 11.3. The smallest absolute Gasteiger partial charge is 0.343 e. The van der Waals surface area contributed by atoms with Crippen molar-refractivity contribution in [2.24, 2.45) is 13.0 Å². The van der Waals surface area contributed by atoms with Crippen LogP contribution in [0.25, 0.3) is 0 Å². The monoisotopic (exact) mass is 286 g/mol. The summed E-state index contributed by atoms with van der Waals surface area (Å²) in [5.41, 5.74) is -0.173. The number of thioether (sulfide) groups is 1. The molecule has 19 heavy (non-hydrogen) atoms. The van der Waals surface area contributed by atoms with Gasteiger partial charge in [-0.1, -0.05) is 25.6 Å². The third-order valence-corrected chi connectivity index (χ3v) is 4.25. The first-order valence-corrected chi connectivity index (χ1v) is 7.63. The second-order valence-corrected chi connectivity index (χ2v) is 6.31. The molecule has 1 aromatic rings. The highest BCUT2D eigenvalue weighted by molar-refractivity contribution is 7.99. The molecule has 1 fully saturated rings. The minimum atomic E-state index is -0.173. The van der Waals surface area contributed by atoms with Gasteiger partial charge in [-0.25, -0.2) is 9.89 Å². The van der Waals surface area contributed by atoms with Gasteiger partial charge < -0.3 is 4.74 Å². The Balaban J connectivity index is 1.82. The van der Waals surface area contributed by atoms with E-state index in [-0.39, 0.29) is 11.8 Å². The quantitative estimate of drug-likeness (QED) is 0.801. The van der Waals surface area contributed by atoms with Gasteiger partial charge in [0, 0.05) is 32.4 Å². The average molecular weight is 286 g/mol. The van der Waals surface area contributed by atoms with Crippen molar-refractivity contribution in [2.45, 2.75) is 25.1 Å². The maximum atomic E-state index is 11.3. The zero-order chi connectivity index (χ0) is 13.8. The molecule has 0 bridgehead atoms. The lowest BCUT2D eigenvalue weighted by Crippen LogP contribution is -2.44. The van der Waals surface area contributed by atoms with Crippen LogP contribution in [0.4, 0.5) is 0 Å². The maximum Gasteiger partial charge on any atom is 0.343 e. The number of aromatic amines is 1. The molecule has 1 atom stereocenters. The van der Waals surface area contributed by atoms with Gasteiger partial charge in [-0.2, -0.15) is 0 Å². The zero-order valence-corrected chi connectivity index (χ0v) is 12.6. The van der Waals surface area contributed by atoms with Gasteiger partial charge in [-0.15, -0.1) is 5.10 Å². The van der Waals surface area contributed by atoms with E-state index in [1.165, 1.54) is 4.57 Å². The topological polar surface area (TPSA) is 63.1 Å². The van der Waals surface area contributed by atoms with Crippen LogP contribution in [0.2, 0.25) is 0 Å². The van der Waals surface area contributed by atoms with Crippen molar-refractivity contribution >= 4 is 11.8 Å². The number of nitrogens with one attached hydrogen (secondary N) is 1. The number of hydrogen-bond donors (Lipinski definition) is 1. The van der Waals surface area contributed by atoms with Crippen molar-refractivity contribution in [2.75, 3.05) is 32.0 Å².